The van der Waals surface area contributed by atoms with Gasteiger partial charge < -0.3 is 9.47 Å². The zero-order valence-electron chi connectivity index (χ0n) is 12.4. The Morgan fingerprint density at radius 1 is 1.37 bits per heavy atom. The van der Waals surface area contributed by atoms with Crippen LogP contribution in [0, 0.1) is 0 Å². The van der Waals surface area contributed by atoms with Crippen LogP contribution in [-0.2, 0) is 4.74 Å². The summed E-state index contributed by atoms with van der Waals surface area (Å²) in [5.74, 6) is 0.550. The molecule has 106 valence electrons. The summed E-state index contributed by atoms with van der Waals surface area (Å²) in [6.07, 6.45) is 3.84. The van der Waals surface area contributed by atoms with Crippen molar-refractivity contribution in [3.05, 3.63) is 24.0 Å². The quantitative estimate of drug-likeness (QED) is 0.710. The Labute approximate surface area is 115 Å². The van der Waals surface area contributed by atoms with Crippen molar-refractivity contribution in [3.63, 3.8) is 0 Å². The zero-order valence-corrected chi connectivity index (χ0v) is 12.4. The molecule has 0 aliphatic heterocycles. The Bertz CT molecular complexity index is 431. The SMILES string of the molecule is CCOC(C)(CC)C(=O)c1cncc(OC(C)C)c1. The molecule has 0 saturated heterocycles. The summed E-state index contributed by atoms with van der Waals surface area (Å²) in [6.45, 7) is 10.0. The van der Waals surface area contributed by atoms with Crippen LogP contribution in [0.2, 0.25) is 0 Å². The first-order valence-electron chi connectivity index (χ1n) is 6.73. The van der Waals surface area contributed by atoms with E-state index in [-0.39, 0.29) is 11.9 Å². The molecule has 19 heavy (non-hydrogen) atoms. The third-order valence-electron chi connectivity index (χ3n) is 2.97. The molecule has 0 amide bonds. The molecule has 0 aromatic carbocycles. The highest BCUT2D eigenvalue weighted by Crippen LogP contribution is 2.23. The van der Waals surface area contributed by atoms with Gasteiger partial charge in [0.2, 0.25) is 0 Å². The second kappa shape index (κ2) is 6.66. The Morgan fingerprint density at radius 2 is 2.05 bits per heavy atom. The maximum Gasteiger partial charge on any atom is 0.195 e. The number of carbonyl (C=O) groups excluding carboxylic acids is 1. The van der Waals surface area contributed by atoms with Crippen LogP contribution < -0.4 is 4.74 Å². The van der Waals surface area contributed by atoms with Crippen molar-refractivity contribution in [1.82, 2.24) is 4.98 Å². The minimum atomic E-state index is -0.799. The summed E-state index contributed by atoms with van der Waals surface area (Å²) >= 11 is 0. The van der Waals surface area contributed by atoms with Gasteiger partial charge in [-0.3, -0.25) is 9.78 Å². The van der Waals surface area contributed by atoms with Gasteiger partial charge >= 0.3 is 0 Å². The van der Waals surface area contributed by atoms with Gasteiger partial charge in [0.1, 0.15) is 11.4 Å². The van der Waals surface area contributed by atoms with Gasteiger partial charge in [0.15, 0.2) is 5.78 Å². The van der Waals surface area contributed by atoms with Crippen molar-refractivity contribution in [2.24, 2.45) is 0 Å². The smallest absolute Gasteiger partial charge is 0.195 e. The summed E-state index contributed by atoms with van der Waals surface area (Å²) in [5, 5.41) is 0. The van der Waals surface area contributed by atoms with Crippen molar-refractivity contribution in [1.29, 1.82) is 0 Å². The minimum Gasteiger partial charge on any atom is -0.489 e. The second-order valence-corrected chi connectivity index (χ2v) is 4.92. The molecule has 1 unspecified atom stereocenters. The van der Waals surface area contributed by atoms with Gasteiger partial charge in [-0.15, -0.1) is 0 Å². The van der Waals surface area contributed by atoms with Gasteiger partial charge in [-0.25, -0.2) is 0 Å². The van der Waals surface area contributed by atoms with E-state index in [0.717, 1.165) is 0 Å². The number of hydrogen-bond donors (Lipinski definition) is 0. The number of hydrogen-bond acceptors (Lipinski definition) is 4. The Kier molecular flexibility index (Phi) is 5.48. The maximum absolute atomic E-state index is 12.5. The topological polar surface area (TPSA) is 48.4 Å². The van der Waals surface area contributed by atoms with Crippen molar-refractivity contribution in [3.8, 4) is 5.75 Å². The van der Waals surface area contributed by atoms with Gasteiger partial charge in [-0.1, -0.05) is 6.92 Å². The zero-order chi connectivity index (χ0) is 14.5. The largest absolute Gasteiger partial charge is 0.489 e. The van der Waals surface area contributed by atoms with Crippen LogP contribution >= 0.6 is 0 Å². The molecular formula is C15H23NO3. The van der Waals surface area contributed by atoms with Crippen LogP contribution in [0.25, 0.3) is 0 Å². The average Bonchev–Trinajstić information content (AvgIpc) is 2.37. The van der Waals surface area contributed by atoms with E-state index in [9.17, 15) is 4.79 Å². The van der Waals surface area contributed by atoms with E-state index in [1.165, 1.54) is 0 Å². The fourth-order valence-corrected chi connectivity index (χ4v) is 1.83. The molecule has 0 spiro atoms. The number of ether oxygens (including phenoxy) is 2. The van der Waals surface area contributed by atoms with Crippen molar-refractivity contribution < 1.29 is 14.3 Å². The second-order valence-electron chi connectivity index (χ2n) is 4.92. The molecule has 0 radical (unpaired) electrons. The standard InChI is InChI=1S/C15H23NO3/c1-6-15(5,18-7-2)14(17)12-8-13(10-16-9-12)19-11(3)4/h8-11H,6-7H2,1-5H3. The van der Waals surface area contributed by atoms with E-state index >= 15 is 0 Å². The lowest BCUT2D eigenvalue weighted by Crippen LogP contribution is -2.38. The van der Waals surface area contributed by atoms with Crippen molar-refractivity contribution in [2.75, 3.05) is 6.61 Å². The number of carbonyl (C=O) groups is 1. The van der Waals surface area contributed by atoms with E-state index in [1.807, 2.05) is 34.6 Å². The molecule has 0 fully saturated rings. The van der Waals surface area contributed by atoms with Gasteiger partial charge in [0, 0.05) is 18.4 Å². The predicted molar refractivity (Wildman–Crippen MR) is 74.7 cm³/mol. The van der Waals surface area contributed by atoms with Crippen LogP contribution in [0.15, 0.2) is 18.5 Å². The number of Topliss-reactive ketones (excluding diaryl/α,β-unsaturated/α-hetero) is 1. The average molecular weight is 265 g/mol. The molecule has 1 aromatic heterocycles. The van der Waals surface area contributed by atoms with Crippen LogP contribution in [-0.4, -0.2) is 29.1 Å². The van der Waals surface area contributed by atoms with Crippen LogP contribution in [0.3, 0.4) is 0 Å². The summed E-state index contributed by atoms with van der Waals surface area (Å²) in [6, 6.07) is 1.72. The highest BCUT2D eigenvalue weighted by atomic mass is 16.5. The highest BCUT2D eigenvalue weighted by molar-refractivity contribution is 6.02. The van der Waals surface area contributed by atoms with Gasteiger partial charge in [0.25, 0.3) is 0 Å². The summed E-state index contributed by atoms with van der Waals surface area (Å²) in [4.78, 5) is 16.6. The molecule has 0 N–H and O–H groups in total. The predicted octanol–water partition coefficient (Wildman–Crippen LogP) is 3.26. The molecule has 0 saturated carbocycles. The Balaban J connectivity index is 2.98. The van der Waals surface area contributed by atoms with Crippen molar-refractivity contribution in [2.45, 2.75) is 52.7 Å². The summed E-state index contributed by atoms with van der Waals surface area (Å²) in [7, 11) is 0. The first kappa shape index (κ1) is 15.6. The monoisotopic (exact) mass is 265 g/mol. The Hall–Kier alpha value is -1.42. The fraction of sp³-hybridized carbons (Fsp3) is 0.600. The number of ketones is 1. The first-order valence-corrected chi connectivity index (χ1v) is 6.73. The molecule has 1 atom stereocenters. The maximum atomic E-state index is 12.5. The Morgan fingerprint density at radius 3 is 2.58 bits per heavy atom. The number of rotatable bonds is 7. The lowest BCUT2D eigenvalue weighted by molar-refractivity contribution is -0.0116. The molecular weight excluding hydrogens is 242 g/mol. The number of pyridine rings is 1. The van der Waals surface area contributed by atoms with Gasteiger partial charge in [-0.05, 0) is 40.2 Å². The lowest BCUT2D eigenvalue weighted by Gasteiger charge is -2.26. The van der Waals surface area contributed by atoms with E-state index < -0.39 is 5.60 Å². The number of aromatic nitrogens is 1. The van der Waals surface area contributed by atoms with E-state index in [4.69, 9.17) is 9.47 Å². The summed E-state index contributed by atoms with van der Waals surface area (Å²) < 4.78 is 11.2. The minimum absolute atomic E-state index is 0.0524. The molecule has 1 heterocycles. The third-order valence-corrected chi connectivity index (χ3v) is 2.97. The van der Waals surface area contributed by atoms with Crippen LogP contribution in [0.4, 0.5) is 0 Å². The van der Waals surface area contributed by atoms with Gasteiger partial charge in [-0.2, -0.15) is 0 Å². The molecule has 1 aromatic rings. The third kappa shape index (κ3) is 4.03. The molecule has 0 bridgehead atoms. The molecule has 1 rings (SSSR count). The van der Waals surface area contributed by atoms with E-state index in [2.05, 4.69) is 4.98 Å². The van der Waals surface area contributed by atoms with E-state index in [1.54, 1.807) is 18.5 Å². The van der Waals surface area contributed by atoms with Crippen LogP contribution in [0.1, 0.15) is 51.4 Å². The highest BCUT2D eigenvalue weighted by Gasteiger charge is 2.33. The fourth-order valence-electron chi connectivity index (χ4n) is 1.83. The van der Waals surface area contributed by atoms with Gasteiger partial charge in [0.05, 0.1) is 12.3 Å². The number of nitrogens with zero attached hydrogens (tertiary/aromatic N) is 1. The summed E-state index contributed by atoms with van der Waals surface area (Å²) in [5.41, 5.74) is -0.275. The molecule has 4 nitrogen and oxygen atoms in total. The molecule has 4 heteroatoms. The lowest BCUT2D eigenvalue weighted by atomic mass is 9.93. The van der Waals surface area contributed by atoms with E-state index in [0.29, 0.717) is 24.3 Å². The van der Waals surface area contributed by atoms with Crippen LogP contribution in [0.5, 0.6) is 5.75 Å². The normalized spacial score (nSPS) is 14.2. The molecule has 0 aliphatic rings. The first-order chi connectivity index (χ1) is 8.92. The van der Waals surface area contributed by atoms with Crippen molar-refractivity contribution >= 4 is 5.78 Å². The molecule has 0 aliphatic carbocycles.